The van der Waals surface area contributed by atoms with Crippen LogP contribution in [0.3, 0.4) is 0 Å². The predicted octanol–water partition coefficient (Wildman–Crippen LogP) is 3.04. The Labute approximate surface area is 160 Å². The van der Waals surface area contributed by atoms with Gasteiger partial charge < -0.3 is 4.74 Å². The smallest absolute Gasteiger partial charge is 0.246 e. The van der Waals surface area contributed by atoms with Crippen molar-refractivity contribution in [2.75, 3.05) is 33.3 Å². The lowest BCUT2D eigenvalue weighted by Gasteiger charge is -2.22. The molecule has 0 amide bonds. The lowest BCUT2D eigenvalue weighted by molar-refractivity contribution is 0.278. The van der Waals surface area contributed by atoms with Gasteiger partial charge in [0.25, 0.3) is 0 Å². The quantitative estimate of drug-likeness (QED) is 0.785. The molecule has 0 radical (unpaired) electrons. The molecule has 0 unspecified atom stereocenters. The van der Waals surface area contributed by atoms with Crippen LogP contribution in [0.1, 0.15) is 17.5 Å². The Bertz CT molecular complexity index is 885. The average Bonchev–Trinajstić information content (AvgIpc) is 2.90. The van der Waals surface area contributed by atoms with E-state index in [-0.39, 0.29) is 4.90 Å². The highest BCUT2D eigenvalue weighted by atomic mass is 32.2. The molecule has 146 valence electrons. The summed E-state index contributed by atoms with van der Waals surface area (Å²) in [6, 6.07) is 12.1. The van der Waals surface area contributed by atoms with Gasteiger partial charge in [0.15, 0.2) is 0 Å². The Morgan fingerprint density at radius 3 is 2.48 bits per heavy atom. The highest BCUT2D eigenvalue weighted by Crippen LogP contribution is 2.22. The number of hydrogen-bond donors (Lipinski definition) is 0. The zero-order valence-electron chi connectivity index (χ0n) is 15.7. The van der Waals surface area contributed by atoms with Crippen LogP contribution in [0, 0.1) is 12.7 Å². The lowest BCUT2D eigenvalue weighted by Crippen LogP contribution is -2.35. The lowest BCUT2D eigenvalue weighted by atomic mass is 10.2. The molecule has 7 heteroatoms. The minimum Gasteiger partial charge on any atom is -0.497 e. The summed E-state index contributed by atoms with van der Waals surface area (Å²) >= 11 is 0. The summed E-state index contributed by atoms with van der Waals surface area (Å²) in [6.07, 6.45) is 0.711. The van der Waals surface area contributed by atoms with E-state index in [1.165, 1.54) is 16.4 Å². The first kappa shape index (κ1) is 19.8. The van der Waals surface area contributed by atoms with Gasteiger partial charge in [-0.15, -0.1) is 0 Å². The van der Waals surface area contributed by atoms with Crippen molar-refractivity contribution in [2.45, 2.75) is 24.8 Å². The van der Waals surface area contributed by atoms with E-state index < -0.39 is 15.8 Å². The molecule has 0 aromatic heterocycles. The number of sulfonamides is 1. The van der Waals surface area contributed by atoms with Crippen LogP contribution < -0.4 is 4.74 Å². The maximum Gasteiger partial charge on any atom is 0.246 e. The van der Waals surface area contributed by atoms with E-state index in [0.717, 1.165) is 30.0 Å². The molecule has 2 aromatic carbocycles. The first-order valence-corrected chi connectivity index (χ1v) is 10.5. The van der Waals surface area contributed by atoms with E-state index in [9.17, 15) is 12.8 Å². The molecule has 0 aliphatic carbocycles. The molecule has 1 fully saturated rings. The van der Waals surface area contributed by atoms with Crippen LogP contribution in [-0.4, -0.2) is 50.9 Å². The minimum absolute atomic E-state index is 0.230. The molecule has 0 atom stereocenters. The van der Waals surface area contributed by atoms with E-state index in [1.54, 1.807) is 20.1 Å². The molecule has 1 saturated heterocycles. The number of hydrogen-bond acceptors (Lipinski definition) is 4. The Kier molecular flexibility index (Phi) is 6.14. The SMILES string of the molecule is COc1ccc(CN2CCCN(S(=O)(=O)c3cc(C)ccc3F)CC2)cc1. The molecule has 5 nitrogen and oxygen atoms in total. The molecule has 1 aliphatic heterocycles. The number of benzene rings is 2. The summed E-state index contributed by atoms with van der Waals surface area (Å²) in [6.45, 7) is 4.67. The molecule has 1 aliphatic rings. The van der Waals surface area contributed by atoms with Crippen molar-refractivity contribution in [3.8, 4) is 5.75 Å². The normalized spacial score (nSPS) is 16.9. The van der Waals surface area contributed by atoms with Crippen molar-refractivity contribution >= 4 is 10.0 Å². The van der Waals surface area contributed by atoms with Crippen molar-refractivity contribution in [1.29, 1.82) is 0 Å². The van der Waals surface area contributed by atoms with Crippen molar-refractivity contribution in [3.05, 3.63) is 59.4 Å². The van der Waals surface area contributed by atoms with Gasteiger partial charge in [-0.25, -0.2) is 12.8 Å². The Morgan fingerprint density at radius 1 is 1.04 bits per heavy atom. The van der Waals surface area contributed by atoms with Crippen molar-refractivity contribution in [3.63, 3.8) is 0 Å². The number of nitrogens with zero attached hydrogens (tertiary/aromatic N) is 2. The van der Waals surface area contributed by atoms with E-state index in [2.05, 4.69) is 4.90 Å². The van der Waals surface area contributed by atoms with Gasteiger partial charge in [-0.1, -0.05) is 18.2 Å². The number of halogens is 1. The standard InChI is InChI=1S/C20H25FN2O3S/c1-16-4-9-19(21)20(14-16)27(24,25)23-11-3-10-22(12-13-23)15-17-5-7-18(26-2)8-6-17/h4-9,14H,3,10-13,15H2,1-2H3. The second-order valence-electron chi connectivity index (χ2n) is 6.82. The summed E-state index contributed by atoms with van der Waals surface area (Å²) in [5, 5.41) is 0. The van der Waals surface area contributed by atoms with E-state index in [0.29, 0.717) is 26.1 Å². The largest absolute Gasteiger partial charge is 0.497 e. The molecular formula is C20H25FN2O3S. The first-order chi connectivity index (χ1) is 12.9. The van der Waals surface area contributed by atoms with Crippen LogP contribution in [0.4, 0.5) is 4.39 Å². The Hall–Kier alpha value is -1.96. The molecule has 1 heterocycles. The van der Waals surface area contributed by atoms with Crippen LogP contribution in [0.25, 0.3) is 0 Å². The number of aryl methyl sites for hydroxylation is 1. The van der Waals surface area contributed by atoms with Crippen molar-refractivity contribution in [1.82, 2.24) is 9.21 Å². The fourth-order valence-corrected chi connectivity index (χ4v) is 4.90. The van der Waals surface area contributed by atoms with Gasteiger partial charge in [0.2, 0.25) is 10.0 Å². The highest BCUT2D eigenvalue weighted by molar-refractivity contribution is 7.89. The Balaban J connectivity index is 1.69. The maximum atomic E-state index is 14.1. The summed E-state index contributed by atoms with van der Waals surface area (Å²) in [5.74, 6) is 0.118. The molecule has 0 spiro atoms. The van der Waals surface area contributed by atoms with Gasteiger partial charge in [0.05, 0.1) is 7.11 Å². The van der Waals surface area contributed by atoms with Crippen LogP contribution in [0.5, 0.6) is 5.75 Å². The van der Waals surface area contributed by atoms with Crippen LogP contribution >= 0.6 is 0 Å². The van der Waals surface area contributed by atoms with Crippen LogP contribution in [-0.2, 0) is 16.6 Å². The Morgan fingerprint density at radius 2 is 1.78 bits per heavy atom. The summed E-state index contributed by atoms with van der Waals surface area (Å²) in [4.78, 5) is 2.00. The summed E-state index contributed by atoms with van der Waals surface area (Å²) in [7, 11) is -2.19. The first-order valence-electron chi connectivity index (χ1n) is 9.02. The molecule has 0 N–H and O–H groups in total. The second kappa shape index (κ2) is 8.37. The van der Waals surface area contributed by atoms with Gasteiger partial charge >= 0.3 is 0 Å². The third-order valence-electron chi connectivity index (χ3n) is 4.82. The molecule has 0 saturated carbocycles. The monoisotopic (exact) mass is 392 g/mol. The van der Waals surface area contributed by atoms with Crippen molar-refractivity contribution < 1.29 is 17.5 Å². The molecule has 2 aromatic rings. The second-order valence-corrected chi connectivity index (χ2v) is 8.72. The van der Waals surface area contributed by atoms with E-state index >= 15 is 0 Å². The average molecular weight is 392 g/mol. The van der Waals surface area contributed by atoms with Gasteiger partial charge in [0, 0.05) is 26.2 Å². The number of ether oxygens (including phenoxy) is 1. The number of rotatable bonds is 5. The zero-order chi connectivity index (χ0) is 19.4. The van der Waals surface area contributed by atoms with Gasteiger partial charge in [-0.05, 0) is 55.3 Å². The third-order valence-corrected chi connectivity index (χ3v) is 6.73. The fourth-order valence-electron chi connectivity index (χ4n) is 3.28. The van der Waals surface area contributed by atoms with Crippen LogP contribution in [0.2, 0.25) is 0 Å². The number of methoxy groups -OCH3 is 1. The van der Waals surface area contributed by atoms with E-state index in [1.807, 2.05) is 24.3 Å². The van der Waals surface area contributed by atoms with E-state index in [4.69, 9.17) is 4.74 Å². The predicted molar refractivity (Wildman–Crippen MR) is 103 cm³/mol. The third kappa shape index (κ3) is 4.66. The minimum atomic E-state index is -3.83. The zero-order valence-corrected chi connectivity index (χ0v) is 16.5. The molecular weight excluding hydrogens is 367 g/mol. The van der Waals surface area contributed by atoms with Gasteiger partial charge in [0.1, 0.15) is 16.5 Å². The molecule has 3 rings (SSSR count). The topological polar surface area (TPSA) is 49.9 Å². The van der Waals surface area contributed by atoms with Crippen molar-refractivity contribution in [2.24, 2.45) is 0 Å². The highest BCUT2D eigenvalue weighted by Gasteiger charge is 2.29. The summed E-state index contributed by atoms with van der Waals surface area (Å²) in [5.41, 5.74) is 1.88. The van der Waals surface area contributed by atoms with Gasteiger partial charge in [-0.3, -0.25) is 4.90 Å². The summed E-state index contributed by atoms with van der Waals surface area (Å²) < 4.78 is 46.5. The fraction of sp³-hybridized carbons (Fsp3) is 0.400. The maximum absolute atomic E-state index is 14.1. The molecule has 27 heavy (non-hydrogen) atoms. The van der Waals surface area contributed by atoms with Crippen LogP contribution in [0.15, 0.2) is 47.4 Å². The molecule has 0 bridgehead atoms. The van der Waals surface area contributed by atoms with Gasteiger partial charge in [-0.2, -0.15) is 4.31 Å².